The van der Waals surface area contributed by atoms with E-state index in [1.807, 2.05) is 0 Å². The third kappa shape index (κ3) is 5.55. The van der Waals surface area contributed by atoms with Crippen molar-refractivity contribution in [1.29, 1.82) is 5.26 Å². The Morgan fingerprint density at radius 2 is 1.94 bits per heavy atom. The molecule has 1 aliphatic carbocycles. The molecule has 1 saturated carbocycles. The summed E-state index contributed by atoms with van der Waals surface area (Å²) in [6, 6.07) is 2.88. The van der Waals surface area contributed by atoms with Gasteiger partial charge in [0.1, 0.15) is 0 Å². The Morgan fingerprint density at radius 3 is 2.53 bits per heavy atom. The van der Waals surface area contributed by atoms with Gasteiger partial charge in [-0.1, -0.05) is 33.1 Å². The van der Waals surface area contributed by atoms with Crippen LogP contribution in [0.1, 0.15) is 65.7 Å². The summed E-state index contributed by atoms with van der Waals surface area (Å²) >= 11 is 0. The summed E-state index contributed by atoms with van der Waals surface area (Å²) in [6.45, 7) is 7.87. The van der Waals surface area contributed by atoms with Gasteiger partial charge in [0.15, 0.2) is 0 Å². The molecular weight excluding hydrogens is 208 g/mol. The second kappa shape index (κ2) is 7.01. The highest BCUT2D eigenvalue weighted by Crippen LogP contribution is 2.27. The number of nitrogens with zero attached hydrogens (tertiary/aromatic N) is 1. The minimum absolute atomic E-state index is 0.249. The van der Waals surface area contributed by atoms with Crippen molar-refractivity contribution in [3.63, 3.8) is 0 Å². The summed E-state index contributed by atoms with van der Waals surface area (Å²) in [7, 11) is 0. The Kier molecular flexibility index (Phi) is 5.98. The molecule has 1 atom stereocenters. The van der Waals surface area contributed by atoms with E-state index in [0.717, 1.165) is 18.9 Å². The first-order chi connectivity index (χ1) is 8.05. The largest absolute Gasteiger partial charge is 0.313 e. The highest BCUT2D eigenvalue weighted by molar-refractivity contribution is 4.82. The van der Waals surface area contributed by atoms with Gasteiger partial charge in [-0.05, 0) is 37.5 Å². The molecule has 17 heavy (non-hydrogen) atoms. The lowest BCUT2D eigenvalue weighted by Crippen LogP contribution is -2.40. The molecule has 2 heteroatoms. The molecule has 1 fully saturated rings. The van der Waals surface area contributed by atoms with E-state index in [0.29, 0.717) is 12.5 Å². The number of hydrogen-bond acceptors (Lipinski definition) is 2. The summed E-state index contributed by atoms with van der Waals surface area (Å²) < 4.78 is 0. The van der Waals surface area contributed by atoms with E-state index in [1.54, 1.807) is 0 Å². The quantitative estimate of drug-likeness (QED) is 0.760. The third-order valence-electron chi connectivity index (χ3n) is 4.17. The molecule has 1 N–H and O–H groups in total. The lowest BCUT2D eigenvalue weighted by molar-refractivity contribution is 0.241. The van der Waals surface area contributed by atoms with Crippen LogP contribution >= 0.6 is 0 Å². The smallest absolute Gasteiger partial charge is 0.0621 e. The van der Waals surface area contributed by atoms with Gasteiger partial charge in [0.25, 0.3) is 0 Å². The Bertz CT molecular complexity index is 246. The molecular formula is C15H28N2. The van der Waals surface area contributed by atoms with Gasteiger partial charge < -0.3 is 5.32 Å². The predicted octanol–water partition coefficient (Wildman–Crippen LogP) is 3.87. The minimum atomic E-state index is 0.249. The normalized spacial score (nSPS) is 19.9. The highest BCUT2D eigenvalue weighted by Gasteiger charge is 2.23. The minimum Gasteiger partial charge on any atom is -0.313 e. The van der Waals surface area contributed by atoms with Crippen LogP contribution in [0.2, 0.25) is 0 Å². The van der Waals surface area contributed by atoms with E-state index in [-0.39, 0.29) is 5.41 Å². The topological polar surface area (TPSA) is 35.8 Å². The summed E-state index contributed by atoms with van der Waals surface area (Å²) in [5, 5.41) is 12.3. The first kappa shape index (κ1) is 14.5. The number of nitriles is 1. The second-order valence-electron chi connectivity index (χ2n) is 6.39. The van der Waals surface area contributed by atoms with Crippen molar-refractivity contribution in [2.45, 2.75) is 71.8 Å². The average Bonchev–Trinajstić information content (AvgIpc) is 2.35. The van der Waals surface area contributed by atoms with Gasteiger partial charge in [-0.15, -0.1) is 0 Å². The zero-order chi connectivity index (χ0) is 12.7. The Morgan fingerprint density at radius 1 is 1.29 bits per heavy atom. The highest BCUT2D eigenvalue weighted by atomic mass is 14.9. The van der Waals surface area contributed by atoms with Crippen LogP contribution in [0.25, 0.3) is 0 Å². The maximum absolute atomic E-state index is 8.64. The fraction of sp³-hybridized carbons (Fsp3) is 0.933. The monoisotopic (exact) mass is 236 g/mol. The van der Waals surface area contributed by atoms with Crippen molar-refractivity contribution in [3.8, 4) is 6.07 Å². The molecule has 0 aliphatic heterocycles. The lowest BCUT2D eigenvalue weighted by Gasteiger charge is -2.32. The van der Waals surface area contributed by atoms with Crippen molar-refractivity contribution in [2.24, 2.45) is 11.3 Å². The molecule has 2 nitrogen and oxygen atoms in total. The molecule has 0 saturated heterocycles. The summed E-state index contributed by atoms with van der Waals surface area (Å²) in [5.41, 5.74) is 0.249. The summed E-state index contributed by atoms with van der Waals surface area (Å²) in [4.78, 5) is 0. The van der Waals surface area contributed by atoms with Crippen LogP contribution in [-0.4, -0.2) is 12.6 Å². The maximum atomic E-state index is 8.64. The first-order valence-corrected chi connectivity index (χ1v) is 7.15. The van der Waals surface area contributed by atoms with Crippen LogP contribution in [0.3, 0.4) is 0 Å². The first-order valence-electron chi connectivity index (χ1n) is 7.15. The van der Waals surface area contributed by atoms with Crippen LogP contribution in [0.5, 0.6) is 0 Å². The summed E-state index contributed by atoms with van der Waals surface area (Å²) in [5.74, 6) is 0.871. The second-order valence-corrected chi connectivity index (χ2v) is 6.39. The van der Waals surface area contributed by atoms with Crippen LogP contribution in [0, 0.1) is 22.7 Å². The van der Waals surface area contributed by atoms with Gasteiger partial charge in [0.05, 0.1) is 6.07 Å². The fourth-order valence-corrected chi connectivity index (χ4v) is 2.72. The van der Waals surface area contributed by atoms with E-state index in [9.17, 15) is 0 Å². The Labute approximate surface area is 107 Å². The standard InChI is InChI=1S/C15H28N2/c1-13(14-8-5-4-6-9-14)17-12-15(2,3)10-7-11-16/h13-14,17H,4-10,12H2,1-3H3/t13-/m0/s1. The molecule has 0 aromatic heterocycles. The number of nitrogens with one attached hydrogen (secondary N) is 1. The van der Waals surface area contributed by atoms with Crippen molar-refractivity contribution >= 4 is 0 Å². The molecule has 0 bridgehead atoms. The lowest BCUT2D eigenvalue weighted by atomic mass is 9.83. The van der Waals surface area contributed by atoms with Crippen molar-refractivity contribution < 1.29 is 0 Å². The number of hydrogen-bond donors (Lipinski definition) is 1. The molecule has 0 aromatic carbocycles. The third-order valence-corrected chi connectivity index (χ3v) is 4.17. The summed E-state index contributed by atoms with van der Waals surface area (Å²) in [6.07, 6.45) is 8.71. The van der Waals surface area contributed by atoms with E-state index in [2.05, 4.69) is 32.2 Å². The number of rotatable bonds is 6. The SMILES string of the molecule is C[C@H](NCC(C)(C)CCC#N)C1CCCCC1. The van der Waals surface area contributed by atoms with E-state index < -0.39 is 0 Å². The Hall–Kier alpha value is -0.550. The van der Waals surface area contributed by atoms with Gasteiger partial charge in [-0.2, -0.15) is 5.26 Å². The molecule has 0 spiro atoms. The van der Waals surface area contributed by atoms with E-state index in [4.69, 9.17) is 5.26 Å². The van der Waals surface area contributed by atoms with Crippen molar-refractivity contribution in [1.82, 2.24) is 5.32 Å². The van der Waals surface area contributed by atoms with Gasteiger partial charge in [0, 0.05) is 19.0 Å². The van der Waals surface area contributed by atoms with Gasteiger partial charge in [-0.3, -0.25) is 0 Å². The Balaban J connectivity index is 2.26. The zero-order valence-electron chi connectivity index (χ0n) is 11.8. The van der Waals surface area contributed by atoms with Crippen molar-refractivity contribution in [2.75, 3.05) is 6.54 Å². The van der Waals surface area contributed by atoms with Crippen LogP contribution in [0.15, 0.2) is 0 Å². The zero-order valence-corrected chi connectivity index (χ0v) is 11.8. The van der Waals surface area contributed by atoms with Gasteiger partial charge in [0.2, 0.25) is 0 Å². The molecule has 0 radical (unpaired) electrons. The van der Waals surface area contributed by atoms with E-state index in [1.165, 1.54) is 32.1 Å². The van der Waals surface area contributed by atoms with Crippen LogP contribution < -0.4 is 5.32 Å². The van der Waals surface area contributed by atoms with Gasteiger partial charge >= 0.3 is 0 Å². The molecule has 0 amide bonds. The average molecular weight is 236 g/mol. The molecule has 1 rings (SSSR count). The molecule has 0 unspecified atom stereocenters. The maximum Gasteiger partial charge on any atom is 0.0621 e. The van der Waals surface area contributed by atoms with Crippen LogP contribution in [0.4, 0.5) is 0 Å². The fourth-order valence-electron chi connectivity index (χ4n) is 2.72. The molecule has 0 heterocycles. The molecule has 0 aromatic rings. The van der Waals surface area contributed by atoms with Crippen molar-refractivity contribution in [3.05, 3.63) is 0 Å². The molecule has 1 aliphatic rings. The van der Waals surface area contributed by atoms with Gasteiger partial charge in [-0.25, -0.2) is 0 Å². The predicted molar refractivity (Wildman–Crippen MR) is 72.7 cm³/mol. The van der Waals surface area contributed by atoms with Crippen LogP contribution in [-0.2, 0) is 0 Å². The van der Waals surface area contributed by atoms with E-state index >= 15 is 0 Å². The molecule has 98 valence electrons.